The third-order valence-electron chi connectivity index (χ3n) is 3.42. The van der Waals surface area contributed by atoms with Crippen LogP contribution in [-0.4, -0.2) is 26.3 Å². The molecular formula is C14H21ClN2O. The second kappa shape index (κ2) is 6.41. The van der Waals surface area contributed by atoms with Crippen LogP contribution in [0.1, 0.15) is 24.8 Å². The summed E-state index contributed by atoms with van der Waals surface area (Å²) in [5.41, 5.74) is 8.01. The van der Waals surface area contributed by atoms with E-state index in [0.717, 1.165) is 35.8 Å². The van der Waals surface area contributed by atoms with Crippen LogP contribution in [0.5, 0.6) is 0 Å². The van der Waals surface area contributed by atoms with E-state index >= 15 is 0 Å². The van der Waals surface area contributed by atoms with Crippen molar-refractivity contribution >= 4 is 17.3 Å². The Balaban J connectivity index is 2.05. The molecule has 1 aromatic carbocycles. The lowest BCUT2D eigenvalue weighted by Gasteiger charge is -2.29. The van der Waals surface area contributed by atoms with Gasteiger partial charge in [-0.15, -0.1) is 0 Å². The molecule has 0 amide bonds. The van der Waals surface area contributed by atoms with Crippen molar-refractivity contribution in [2.24, 2.45) is 5.73 Å². The molecule has 1 aliphatic heterocycles. The number of hydrogen-bond donors (Lipinski definition) is 1. The Morgan fingerprint density at radius 2 is 2.28 bits per heavy atom. The molecule has 100 valence electrons. The minimum absolute atomic E-state index is 0.338. The molecule has 2 rings (SSSR count). The lowest BCUT2D eigenvalue weighted by Crippen LogP contribution is -2.33. The van der Waals surface area contributed by atoms with E-state index in [2.05, 4.69) is 11.9 Å². The fourth-order valence-corrected chi connectivity index (χ4v) is 2.64. The molecule has 0 aliphatic carbocycles. The first kappa shape index (κ1) is 13.7. The van der Waals surface area contributed by atoms with Crippen molar-refractivity contribution in [2.75, 3.05) is 25.1 Å². The molecule has 1 heterocycles. The van der Waals surface area contributed by atoms with Gasteiger partial charge >= 0.3 is 0 Å². The van der Waals surface area contributed by atoms with Crippen molar-refractivity contribution < 1.29 is 4.74 Å². The van der Waals surface area contributed by atoms with Gasteiger partial charge in [0.1, 0.15) is 0 Å². The molecule has 1 saturated heterocycles. The quantitative estimate of drug-likeness (QED) is 0.913. The van der Waals surface area contributed by atoms with Gasteiger partial charge < -0.3 is 15.4 Å². The maximum Gasteiger partial charge on any atom is 0.0749 e. The van der Waals surface area contributed by atoms with E-state index in [1.54, 1.807) is 0 Å². The van der Waals surface area contributed by atoms with Gasteiger partial charge in [-0.1, -0.05) is 11.6 Å². The number of halogens is 1. The smallest absolute Gasteiger partial charge is 0.0749 e. The molecule has 18 heavy (non-hydrogen) atoms. The van der Waals surface area contributed by atoms with Crippen molar-refractivity contribution in [3.8, 4) is 0 Å². The first-order valence-corrected chi connectivity index (χ1v) is 6.89. The lowest BCUT2D eigenvalue weighted by molar-refractivity contribution is 0.0216. The van der Waals surface area contributed by atoms with E-state index in [0.29, 0.717) is 12.6 Å². The van der Waals surface area contributed by atoms with Crippen LogP contribution in [0.25, 0.3) is 0 Å². The number of likely N-dealkylation sites (N-methyl/N-ethyl adjacent to an activating group) is 1. The minimum atomic E-state index is 0.338. The van der Waals surface area contributed by atoms with Gasteiger partial charge in [0.25, 0.3) is 0 Å². The normalized spacial score (nSPS) is 19.8. The van der Waals surface area contributed by atoms with Crippen LogP contribution < -0.4 is 10.6 Å². The molecule has 3 nitrogen and oxygen atoms in total. The third kappa shape index (κ3) is 3.37. The second-order valence-corrected chi connectivity index (χ2v) is 5.28. The summed E-state index contributed by atoms with van der Waals surface area (Å²) >= 11 is 5.99. The molecule has 2 N–H and O–H groups in total. The van der Waals surface area contributed by atoms with Crippen molar-refractivity contribution in [1.29, 1.82) is 0 Å². The van der Waals surface area contributed by atoms with Crippen molar-refractivity contribution in [1.82, 2.24) is 0 Å². The zero-order chi connectivity index (χ0) is 13.0. The Hall–Kier alpha value is -0.770. The molecule has 0 spiro atoms. The van der Waals surface area contributed by atoms with Gasteiger partial charge in [0.2, 0.25) is 0 Å². The fraction of sp³-hybridized carbons (Fsp3) is 0.571. The molecule has 0 aromatic heterocycles. The van der Waals surface area contributed by atoms with Crippen LogP contribution in [0.4, 0.5) is 5.69 Å². The zero-order valence-electron chi connectivity index (χ0n) is 10.9. The van der Waals surface area contributed by atoms with Crippen LogP contribution in [0, 0.1) is 0 Å². The first-order valence-electron chi connectivity index (χ1n) is 6.52. The summed E-state index contributed by atoms with van der Waals surface area (Å²) in [6.07, 6.45) is 3.94. The highest BCUT2D eigenvalue weighted by molar-refractivity contribution is 6.30. The summed E-state index contributed by atoms with van der Waals surface area (Å²) in [6.45, 7) is 2.31. The summed E-state index contributed by atoms with van der Waals surface area (Å²) < 4.78 is 5.77. The standard InChI is InChI=1S/C14H21ClN2O/c1-17(10-13-4-2-3-7-18-13)14-6-5-12(15)8-11(14)9-16/h5-6,8,13H,2-4,7,9-10,16H2,1H3. The Morgan fingerprint density at radius 3 is 2.94 bits per heavy atom. The maximum atomic E-state index is 5.99. The fourth-order valence-electron chi connectivity index (χ4n) is 2.45. The summed E-state index contributed by atoms with van der Waals surface area (Å²) in [7, 11) is 2.08. The number of anilines is 1. The largest absolute Gasteiger partial charge is 0.376 e. The summed E-state index contributed by atoms with van der Waals surface area (Å²) in [5, 5.41) is 0.738. The van der Waals surface area contributed by atoms with E-state index in [4.69, 9.17) is 22.1 Å². The molecule has 0 bridgehead atoms. The predicted molar refractivity (Wildman–Crippen MR) is 76.2 cm³/mol. The average Bonchev–Trinajstić information content (AvgIpc) is 2.39. The summed E-state index contributed by atoms with van der Waals surface area (Å²) in [6, 6.07) is 5.89. The minimum Gasteiger partial charge on any atom is -0.376 e. The van der Waals surface area contributed by atoms with Gasteiger partial charge in [-0.3, -0.25) is 0 Å². The van der Waals surface area contributed by atoms with Gasteiger partial charge in [-0.2, -0.15) is 0 Å². The predicted octanol–water partition coefficient (Wildman–Crippen LogP) is 2.80. The highest BCUT2D eigenvalue weighted by Crippen LogP contribution is 2.24. The molecule has 0 radical (unpaired) electrons. The van der Waals surface area contributed by atoms with Crippen LogP contribution in [0.3, 0.4) is 0 Å². The monoisotopic (exact) mass is 268 g/mol. The number of hydrogen-bond acceptors (Lipinski definition) is 3. The molecular weight excluding hydrogens is 248 g/mol. The summed E-state index contributed by atoms with van der Waals surface area (Å²) in [4.78, 5) is 2.22. The second-order valence-electron chi connectivity index (χ2n) is 4.85. The van der Waals surface area contributed by atoms with Gasteiger partial charge in [0.15, 0.2) is 0 Å². The van der Waals surface area contributed by atoms with Crippen LogP contribution >= 0.6 is 11.6 Å². The van der Waals surface area contributed by atoms with Crippen LogP contribution in [-0.2, 0) is 11.3 Å². The Kier molecular flexibility index (Phi) is 4.87. The number of rotatable bonds is 4. The van der Waals surface area contributed by atoms with E-state index in [-0.39, 0.29) is 0 Å². The molecule has 1 fully saturated rings. The van der Waals surface area contributed by atoms with Crippen molar-refractivity contribution in [2.45, 2.75) is 31.9 Å². The van der Waals surface area contributed by atoms with E-state index < -0.39 is 0 Å². The van der Waals surface area contributed by atoms with Crippen LogP contribution in [0.2, 0.25) is 5.02 Å². The van der Waals surface area contributed by atoms with Gasteiger partial charge in [0.05, 0.1) is 6.10 Å². The number of ether oxygens (including phenoxy) is 1. The van der Waals surface area contributed by atoms with E-state index in [9.17, 15) is 0 Å². The van der Waals surface area contributed by atoms with Gasteiger partial charge in [0, 0.05) is 37.5 Å². The van der Waals surface area contributed by atoms with Crippen molar-refractivity contribution in [3.63, 3.8) is 0 Å². The lowest BCUT2D eigenvalue weighted by atomic mass is 10.1. The molecule has 0 saturated carbocycles. The molecule has 1 unspecified atom stereocenters. The topological polar surface area (TPSA) is 38.5 Å². The van der Waals surface area contributed by atoms with Gasteiger partial charge in [-0.05, 0) is 43.0 Å². The maximum absolute atomic E-state index is 5.99. The average molecular weight is 269 g/mol. The van der Waals surface area contributed by atoms with Crippen LogP contribution in [0.15, 0.2) is 18.2 Å². The SMILES string of the molecule is CN(CC1CCCCO1)c1ccc(Cl)cc1CN. The van der Waals surface area contributed by atoms with Crippen molar-refractivity contribution in [3.05, 3.63) is 28.8 Å². The number of nitrogens with zero attached hydrogens (tertiary/aromatic N) is 1. The summed E-state index contributed by atoms with van der Waals surface area (Å²) in [5.74, 6) is 0. The van der Waals surface area contributed by atoms with E-state index in [1.807, 2.05) is 18.2 Å². The zero-order valence-corrected chi connectivity index (χ0v) is 11.6. The van der Waals surface area contributed by atoms with Gasteiger partial charge in [-0.25, -0.2) is 0 Å². The van der Waals surface area contributed by atoms with E-state index in [1.165, 1.54) is 12.8 Å². The third-order valence-corrected chi connectivity index (χ3v) is 3.66. The highest BCUT2D eigenvalue weighted by atomic mass is 35.5. The molecule has 1 aliphatic rings. The number of benzene rings is 1. The highest BCUT2D eigenvalue weighted by Gasteiger charge is 2.17. The number of nitrogens with two attached hydrogens (primary N) is 1. The molecule has 1 aromatic rings. The first-order chi connectivity index (χ1) is 8.70. The Labute approximate surface area is 114 Å². The Morgan fingerprint density at radius 1 is 1.44 bits per heavy atom. The molecule has 1 atom stereocenters. The Bertz CT molecular complexity index is 391. The molecule has 4 heteroatoms.